The molecule has 55 heavy (non-hydrogen) atoms. The Balaban J connectivity index is 0.895. The summed E-state index contributed by atoms with van der Waals surface area (Å²) in [5.41, 5.74) is 1.16. The topological polar surface area (TPSA) is 62.7 Å². The highest BCUT2D eigenvalue weighted by Gasteiger charge is 2.25. The number of phenolic OH excluding ortho intramolecular Hbond substituents is 2. The van der Waals surface area contributed by atoms with Crippen molar-refractivity contribution in [1.29, 1.82) is 0 Å². The van der Waals surface area contributed by atoms with Gasteiger partial charge in [-0.25, -0.2) is 8.78 Å². The van der Waals surface area contributed by atoms with E-state index in [-0.39, 0.29) is 21.5 Å². The van der Waals surface area contributed by atoms with Gasteiger partial charge < -0.3 is 34.5 Å². The van der Waals surface area contributed by atoms with Crippen molar-refractivity contribution < 1.29 is 23.7 Å². The number of unbranched alkanes of at least 4 members (excludes halogenated alkanes) is 12. The summed E-state index contributed by atoms with van der Waals surface area (Å²) < 4.78 is 34.1. The van der Waals surface area contributed by atoms with Crippen LogP contribution < -0.4 is 0 Å². The summed E-state index contributed by atoms with van der Waals surface area (Å²) in [6.07, 6.45) is 23.1. The van der Waals surface area contributed by atoms with Crippen molar-refractivity contribution in [2.45, 2.75) is 141 Å². The molecule has 2 saturated heterocycles. The van der Waals surface area contributed by atoms with E-state index < -0.39 is 11.6 Å². The SMILES string of the molecule is CN(CCCCCCCCCN1CCC(OC2CCN(CCCCCCCCCN(C)Cc3cc(F)c(Cl)cc3O)CC2)CC1)Cc1cc(F)c(Cl)cc1O. The van der Waals surface area contributed by atoms with Crippen LogP contribution in [0, 0.1) is 11.6 Å². The van der Waals surface area contributed by atoms with Crippen molar-refractivity contribution in [2.75, 3.05) is 66.5 Å². The molecule has 0 aromatic heterocycles. The Kier molecular flexibility index (Phi) is 21.4. The maximum absolute atomic E-state index is 13.7. The highest BCUT2D eigenvalue weighted by molar-refractivity contribution is 6.31. The van der Waals surface area contributed by atoms with Gasteiger partial charge in [0.2, 0.25) is 0 Å². The quantitative estimate of drug-likeness (QED) is 0.0918. The van der Waals surface area contributed by atoms with Crippen molar-refractivity contribution in [2.24, 2.45) is 0 Å². The van der Waals surface area contributed by atoms with Gasteiger partial charge in [0.25, 0.3) is 0 Å². The Hall–Kier alpha value is -1.72. The van der Waals surface area contributed by atoms with Crippen LogP contribution in [0.5, 0.6) is 11.5 Å². The van der Waals surface area contributed by atoms with E-state index in [2.05, 4.69) is 19.6 Å². The fraction of sp³-hybridized carbons (Fsp3) is 0.727. The van der Waals surface area contributed by atoms with E-state index in [4.69, 9.17) is 27.9 Å². The maximum atomic E-state index is 13.7. The monoisotopic (exact) mass is 810 g/mol. The van der Waals surface area contributed by atoms with Gasteiger partial charge in [-0.15, -0.1) is 0 Å². The van der Waals surface area contributed by atoms with Crippen LogP contribution in [0.4, 0.5) is 8.78 Å². The first-order chi connectivity index (χ1) is 26.6. The Bertz CT molecular complexity index is 1270. The molecule has 0 bridgehead atoms. The number of phenols is 2. The first kappa shape index (κ1) is 46.0. The van der Waals surface area contributed by atoms with Crippen LogP contribution in [0.25, 0.3) is 0 Å². The summed E-state index contributed by atoms with van der Waals surface area (Å²) in [6.45, 7) is 10.0. The summed E-state index contributed by atoms with van der Waals surface area (Å²) in [4.78, 5) is 9.54. The second-order valence-corrected chi connectivity index (χ2v) is 17.2. The molecule has 2 N–H and O–H groups in total. The van der Waals surface area contributed by atoms with E-state index >= 15 is 0 Å². The predicted molar refractivity (Wildman–Crippen MR) is 223 cm³/mol. The summed E-state index contributed by atoms with van der Waals surface area (Å²) in [7, 11) is 4.02. The molecule has 312 valence electrons. The van der Waals surface area contributed by atoms with Crippen molar-refractivity contribution >= 4 is 23.2 Å². The molecule has 2 aliphatic rings. The number of benzene rings is 2. The lowest BCUT2D eigenvalue weighted by atomic mass is 10.0. The summed E-state index contributed by atoms with van der Waals surface area (Å²) in [5, 5.41) is 20.0. The fourth-order valence-electron chi connectivity index (χ4n) is 8.16. The highest BCUT2D eigenvalue weighted by Crippen LogP contribution is 2.28. The molecular weight excluding hydrogens is 741 g/mol. The first-order valence-electron chi connectivity index (χ1n) is 21.4. The minimum atomic E-state index is -0.485. The standard InChI is InChI=1S/C44H70Cl2F2N4O3/c1-49(33-35-29-41(47)39(45)31-43(35)53)21-13-9-5-3-7-11-15-23-51-25-17-37(18-26-51)55-38-19-27-52(28-20-38)24-16-12-8-4-6-10-14-22-50(2)34-36-30-42(48)40(46)32-44(36)54/h29-32,37-38,53-54H,3-28,33-34H2,1-2H3. The molecule has 0 amide bonds. The first-order valence-corrected chi connectivity index (χ1v) is 22.1. The fourth-order valence-corrected chi connectivity index (χ4v) is 8.48. The van der Waals surface area contributed by atoms with Gasteiger partial charge in [0, 0.05) is 62.5 Å². The van der Waals surface area contributed by atoms with E-state index in [1.54, 1.807) is 0 Å². The number of piperidine rings is 2. The maximum Gasteiger partial charge on any atom is 0.142 e. The van der Waals surface area contributed by atoms with Crippen molar-refractivity contribution in [3.8, 4) is 11.5 Å². The normalized spacial score (nSPS) is 16.6. The van der Waals surface area contributed by atoms with Crippen molar-refractivity contribution in [3.05, 3.63) is 57.1 Å². The van der Waals surface area contributed by atoms with Crippen LogP contribution in [0.2, 0.25) is 10.0 Å². The third-order valence-corrected chi connectivity index (χ3v) is 12.2. The lowest BCUT2D eigenvalue weighted by molar-refractivity contribution is -0.0650. The van der Waals surface area contributed by atoms with Crippen LogP contribution in [0.15, 0.2) is 24.3 Å². The Morgan fingerprint density at radius 3 is 1.25 bits per heavy atom. The third-order valence-electron chi connectivity index (χ3n) is 11.6. The van der Waals surface area contributed by atoms with E-state index in [9.17, 15) is 19.0 Å². The van der Waals surface area contributed by atoms with Gasteiger partial charge in [-0.2, -0.15) is 0 Å². The molecule has 0 saturated carbocycles. The number of halogens is 4. The number of ether oxygens (including phenoxy) is 1. The number of aromatic hydroxyl groups is 2. The summed E-state index contributed by atoms with van der Waals surface area (Å²) in [5.74, 6) is -0.859. The average molecular weight is 812 g/mol. The lowest BCUT2D eigenvalue weighted by Gasteiger charge is -2.37. The third kappa shape index (κ3) is 17.8. The van der Waals surface area contributed by atoms with Crippen LogP contribution in [0.3, 0.4) is 0 Å². The Morgan fingerprint density at radius 1 is 0.564 bits per heavy atom. The van der Waals surface area contributed by atoms with Gasteiger partial charge in [0.15, 0.2) is 0 Å². The number of likely N-dealkylation sites (tertiary alicyclic amines) is 2. The molecule has 11 heteroatoms. The Labute approximate surface area is 341 Å². The molecule has 2 heterocycles. The molecule has 0 unspecified atom stereocenters. The highest BCUT2D eigenvalue weighted by atomic mass is 35.5. The molecule has 0 spiro atoms. The summed E-state index contributed by atoms with van der Waals surface area (Å²) >= 11 is 11.5. The van der Waals surface area contributed by atoms with Crippen LogP contribution in [0.1, 0.15) is 127 Å². The van der Waals surface area contributed by atoms with Crippen LogP contribution in [-0.4, -0.2) is 108 Å². The molecule has 4 rings (SSSR count). The zero-order chi connectivity index (χ0) is 39.4. The molecule has 2 fully saturated rings. The van der Waals surface area contributed by atoms with Crippen LogP contribution in [-0.2, 0) is 17.8 Å². The molecule has 2 aromatic carbocycles. The molecule has 7 nitrogen and oxygen atoms in total. The molecule has 0 aliphatic carbocycles. The second-order valence-electron chi connectivity index (χ2n) is 16.4. The molecule has 0 atom stereocenters. The zero-order valence-corrected chi connectivity index (χ0v) is 35.4. The molecule has 2 aliphatic heterocycles. The van der Waals surface area contributed by atoms with Gasteiger partial charge >= 0.3 is 0 Å². The van der Waals surface area contributed by atoms with Gasteiger partial charge in [-0.1, -0.05) is 87.4 Å². The Morgan fingerprint density at radius 2 is 0.891 bits per heavy atom. The molecular formula is C44H70Cl2F2N4O3. The number of hydrogen-bond donors (Lipinski definition) is 2. The van der Waals surface area contributed by atoms with E-state index in [1.807, 2.05) is 14.1 Å². The molecule has 2 aromatic rings. The minimum absolute atomic E-state index is 0.0430. The number of hydrogen-bond acceptors (Lipinski definition) is 7. The van der Waals surface area contributed by atoms with E-state index in [0.29, 0.717) is 36.4 Å². The van der Waals surface area contributed by atoms with Gasteiger partial charge in [0.05, 0.1) is 22.3 Å². The van der Waals surface area contributed by atoms with Gasteiger partial charge in [-0.3, -0.25) is 0 Å². The number of nitrogens with zero attached hydrogens (tertiary/aromatic N) is 4. The van der Waals surface area contributed by atoms with Crippen LogP contribution >= 0.6 is 23.2 Å². The lowest BCUT2D eigenvalue weighted by Crippen LogP contribution is -2.42. The van der Waals surface area contributed by atoms with Crippen molar-refractivity contribution in [1.82, 2.24) is 19.6 Å². The average Bonchev–Trinajstić information content (AvgIpc) is 3.16. The zero-order valence-electron chi connectivity index (χ0n) is 33.9. The number of rotatable bonds is 26. The van der Waals surface area contributed by atoms with Gasteiger partial charge in [0.1, 0.15) is 23.1 Å². The van der Waals surface area contributed by atoms with Crippen molar-refractivity contribution in [3.63, 3.8) is 0 Å². The largest absolute Gasteiger partial charge is 0.508 e. The van der Waals surface area contributed by atoms with E-state index in [0.717, 1.165) is 25.9 Å². The van der Waals surface area contributed by atoms with E-state index in [1.165, 1.54) is 166 Å². The molecule has 0 radical (unpaired) electrons. The van der Waals surface area contributed by atoms with Gasteiger partial charge in [-0.05, 0) is 104 Å². The predicted octanol–water partition coefficient (Wildman–Crippen LogP) is 10.7. The minimum Gasteiger partial charge on any atom is -0.508 e. The summed E-state index contributed by atoms with van der Waals surface area (Å²) in [6, 6.07) is 5.23. The second kappa shape index (κ2) is 25.6. The smallest absolute Gasteiger partial charge is 0.142 e.